The number of ether oxygens (including phenoxy) is 1. The Balaban J connectivity index is 2.21. The van der Waals surface area contributed by atoms with E-state index >= 15 is 0 Å². The number of carbonyl (C=O) groups is 1. The molecule has 0 radical (unpaired) electrons. The molecule has 0 aliphatic rings. The molecule has 0 saturated heterocycles. The van der Waals surface area contributed by atoms with E-state index in [4.69, 9.17) is 4.74 Å². The monoisotopic (exact) mass is 339 g/mol. The third kappa shape index (κ3) is 5.43. The van der Waals surface area contributed by atoms with Crippen LogP contribution in [-0.2, 0) is 9.53 Å². The Morgan fingerprint density at radius 1 is 0.880 bits per heavy atom. The molecule has 0 amide bonds. The largest absolute Gasteiger partial charge is 0.460 e. The summed E-state index contributed by atoms with van der Waals surface area (Å²) in [6.45, 7) is 9.05. The third-order valence-electron chi connectivity index (χ3n) is 4.60. The highest BCUT2D eigenvalue weighted by Gasteiger charge is 2.26. The van der Waals surface area contributed by atoms with Crippen molar-refractivity contribution in [3.05, 3.63) is 71.8 Å². The van der Waals surface area contributed by atoms with Crippen molar-refractivity contribution in [2.75, 3.05) is 19.6 Å². The molecule has 0 unspecified atom stereocenters. The van der Waals surface area contributed by atoms with E-state index in [0.29, 0.717) is 0 Å². The third-order valence-corrected chi connectivity index (χ3v) is 4.60. The molecule has 25 heavy (non-hydrogen) atoms. The van der Waals surface area contributed by atoms with Crippen LogP contribution in [0.3, 0.4) is 0 Å². The SMILES string of the molecule is CC[C@@H](CN(CC)CC)OC(=O)C(c1ccccc1)c1ccccc1. The molecular formula is C22H29NO2. The smallest absolute Gasteiger partial charge is 0.318 e. The molecular weight excluding hydrogens is 310 g/mol. The quantitative estimate of drug-likeness (QED) is 0.631. The molecule has 2 aromatic carbocycles. The van der Waals surface area contributed by atoms with Crippen LogP contribution in [0.5, 0.6) is 0 Å². The maximum atomic E-state index is 13.0. The minimum absolute atomic E-state index is 0.0812. The molecule has 0 bridgehead atoms. The average Bonchev–Trinajstić information content (AvgIpc) is 2.67. The number of benzene rings is 2. The van der Waals surface area contributed by atoms with Crippen LogP contribution in [0.4, 0.5) is 0 Å². The molecule has 0 N–H and O–H groups in total. The van der Waals surface area contributed by atoms with Gasteiger partial charge in [0, 0.05) is 6.54 Å². The Bertz CT molecular complexity index is 583. The van der Waals surface area contributed by atoms with Gasteiger partial charge in [0.15, 0.2) is 0 Å². The first-order valence-corrected chi connectivity index (χ1v) is 9.22. The lowest BCUT2D eigenvalue weighted by molar-refractivity contribution is -0.151. The van der Waals surface area contributed by atoms with Crippen LogP contribution < -0.4 is 0 Å². The van der Waals surface area contributed by atoms with Gasteiger partial charge < -0.3 is 9.64 Å². The van der Waals surface area contributed by atoms with Crippen LogP contribution in [0.15, 0.2) is 60.7 Å². The van der Waals surface area contributed by atoms with Crippen molar-refractivity contribution < 1.29 is 9.53 Å². The first-order chi connectivity index (χ1) is 12.2. The zero-order valence-electron chi connectivity index (χ0n) is 15.5. The van der Waals surface area contributed by atoms with E-state index in [0.717, 1.165) is 37.2 Å². The van der Waals surface area contributed by atoms with Crippen molar-refractivity contribution in [3.8, 4) is 0 Å². The molecule has 0 heterocycles. The summed E-state index contributed by atoms with van der Waals surface area (Å²) >= 11 is 0. The second kappa shape index (κ2) is 10.00. The predicted molar refractivity (Wildman–Crippen MR) is 103 cm³/mol. The summed E-state index contributed by atoms with van der Waals surface area (Å²) in [5, 5.41) is 0. The summed E-state index contributed by atoms with van der Waals surface area (Å²) in [5.74, 6) is -0.551. The molecule has 1 atom stereocenters. The zero-order chi connectivity index (χ0) is 18.1. The van der Waals surface area contributed by atoms with Gasteiger partial charge in [0.1, 0.15) is 12.0 Å². The van der Waals surface area contributed by atoms with Gasteiger partial charge in [-0.15, -0.1) is 0 Å². The Hall–Kier alpha value is -2.13. The van der Waals surface area contributed by atoms with Gasteiger partial charge in [-0.2, -0.15) is 0 Å². The zero-order valence-corrected chi connectivity index (χ0v) is 15.5. The Kier molecular flexibility index (Phi) is 7.68. The minimum Gasteiger partial charge on any atom is -0.460 e. The summed E-state index contributed by atoms with van der Waals surface area (Å²) < 4.78 is 5.92. The fraction of sp³-hybridized carbons (Fsp3) is 0.409. The van der Waals surface area contributed by atoms with Gasteiger partial charge in [0.05, 0.1) is 0 Å². The lowest BCUT2D eigenvalue weighted by Crippen LogP contribution is -2.35. The Labute approximate surface area is 151 Å². The first kappa shape index (κ1) is 19.2. The van der Waals surface area contributed by atoms with Crippen molar-refractivity contribution in [1.82, 2.24) is 4.90 Å². The van der Waals surface area contributed by atoms with Crippen LogP contribution in [0.25, 0.3) is 0 Å². The fourth-order valence-electron chi connectivity index (χ4n) is 3.01. The van der Waals surface area contributed by atoms with Crippen LogP contribution >= 0.6 is 0 Å². The molecule has 2 aromatic rings. The van der Waals surface area contributed by atoms with Crippen molar-refractivity contribution in [1.29, 1.82) is 0 Å². The summed E-state index contributed by atoms with van der Waals surface area (Å²) in [5.41, 5.74) is 1.94. The lowest BCUT2D eigenvalue weighted by atomic mass is 9.91. The first-order valence-electron chi connectivity index (χ1n) is 9.22. The van der Waals surface area contributed by atoms with Gasteiger partial charge in [-0.25, -0.2) is 0 Å². The molecule has 3 heteroatoms. The minimum atomic E-state index is -0.381. The molecule has 0 saturated carbocycles. The summed E-state index contributed by atoms with van der Waals surface area (Å²) in [6, 6.07) is 19.7. The van der Waals surface area contributed by atoms with Crippen LogP contribution in [-0.4, -0.2) is 36.6 Å². The number of hydrogen-bond acceptors (Lipinski definition) is 3. The second-order valence-corrected chi connectivity index (χ2v) is 6.21. The fourth-order valence-corrected chi connectivity index (χ4v) is 3.01. The van der Waals surface area contributed by atoms with Gasteiger partial charge in [-0.1, -0.05) is 81.4 Å². The topological polar surface area (TPSA) is 29.5 Å². The van der Waals surface area contributed by atoms with E-state index in [9.17, 15) is 4.79 Å². The van der Waals surface area contributed by atoms with Crippen LogP contribution in [0, 0.1) is 0 Å². The van der Waals surface area contributed by atoms with E-state index in [-0.39, 0.29) is 18.0 Å². The van der Waals surface area contributed by atoms with E-state index in [1.165, 1.54) is 0 Å². The maximum Gasteiger partial charge on any atom is 0.318 e. The molecule has 0 aromatic heterocycles. The van der Waals surface area contributed by atoms with Gasteiger partial charge in [-0.3, -0.25) is 4.79 Å². The highest BCUT2D eigenvalue weighted by molar-refractivity contribution is 5.82. The van der Waals surface area contributed by atoms with Gasteiger partial charge in [0.2, 0.25) is 0 Å². The maximum absolute atomic E-state index is 13.0. The van der Waals surface area contributed by atoms with Gasteiger partial charge >= 0.3 is 5.97 Å². The normalized spacial score (nSPS) is 12.4. The average molecular weight is 339 g/mol. The Morgan fingerprint density at radius 3 is 1.76 bits per heavy atom. The number of carbonyl (C=O) groups excluding carboxylic acids is 1. The number of rotatable bonds is 9. The van der Waals surface area contributed by atoms with Crippen molar-refractivity contribution in [3.63, 3.8) is 0 Å². The molecule has 0 spiro atoms. The van der Waals surface area contributed by atoms with E-state index in [2.05, 4.69) is 25.7 Å². The van der Waals surface area contributed by atoms with Crippen LogP contribution in [0.2, 0.25) is 0 Å². The standard InChI is InChI=1S/C22H29NO2/c1-4-20(17-23(5-2)6-3)25-22(24)21(18-13-9-7-10-14-18)19-15-11-8-12-16-19/h7-16,20-21H,4-6,17H2,1-3H3/t20-/m0/s1. The summed E-state index contributed by atoms with van der Waals surface area (Å²) in [6.07, 6.45) is 0.737. The summed E-state index contributed by atoms with van der Waals surface area (Å²) in [7, 11) is 0. The van der Waals surface area contributed by atoms with E-state index in [1.807, 2.05) is 60.7 Å². The predicted octanol–water partition coefficient (Wildman–Crippen LogP) is 4.48. The summed E-state index contributed by atoms with van der Waals surface area (Å²) in [4.78, 5) is 15.3. The van der Waals surface area contributed by atoms with Gasteiger partial charge in [-0.05, 0) is 30.6 Å². The van der Waals surface area contributed by atoms with E-state index < -0.39 is 0 Å². The van der Waals surface area contributed by atoms with Crippen molar-refractivity contribution >= 4 is 5.97 Å². The number of nitrogens with zero attached hydrogens (tertiary/aromatic N) is 1. The molecule has 0 fully saturated rings. The van der Waals surface area contributed by atoms with Crippen LogP contribution in [0.1, 0.15) is 44.2 Å². The number of likely N-dealkylation sites (N-methyl/N-ethyl adjacent to an activating group) is 1. The molecule has 3 nitrogen and oxygen atoms in total. The van der Waals surface area contributed by atoms with Crippen molar-refractivity contribution in [2.24, 2.45) is 0 Å². The van der Waals surface area contributed by atoms with E-state index in [1.54, 1.807) is 0 Å². The molecule has 134 valence electrons. The Morgan fingerprint density at radius 2 is 1.36 bits per heavy atom. The van der Waals surface area contributed by atoms with Gasteiger partial charge in [0.25, 0.3) is 0 Å². The highest BCUT2D eigenvalue weighted by atomic mass is 16.5. The molecule has 2 rings (SSSR count). The number of esters is 1. The lowest BCUT2D eigenvalue weighted by Gasteiger charge is -2.26. The molecule has 0 aliphatic carbocycles. The molecule has 0 aliphatic heterocycles. The van der Waals surface area contributed by atoms with Crippen molar-refractivity contribution in [2.45, 2.75) is 39.2 Å². The number of hydrogen-bond donors (Lipinski definition) is 0. The highest BCUT2D eigenvalue weighted by Crippen LogP contribution is 2.26. The second-order valence-electron chi connectivity index (χ2n) is 6.21.